The summed E-state index contributed by atoms with van der Waals surface area (Å²) in [7, 11) is 0. The number of benzene rings is 1. The molecule has 1 aliphatic rings. The van der Waals surface area contributed by atoms with Crippen molar-refractivity contribution >= 4 is 22.9 Å². The lowest BCUT2D eigenvalue weighted by atomic mass is 9.93. The highest BCUT2D eigenvalue weighted by Gasteiger charge is 2.23. The first kappa shape index (κ1) is 13.2. The molecule has 3 N–H and O–H groups in total. The largest absolute Gasteiger partial charge is 0.398 e. The number of hydrogen-bond acceptors (Lipinski definition) is 3. The third-order valence-electron chi connectivity index (χ3n) is 3.98. The number of fused-ring (bicyclic) bond motifs is 1. The van der Waals surface area contributed by atoms with Gasteiger partial charge in [-0.3, -0.25) is 4.79 Å². The highest BCUT2D eigenvalue weighted by molar-refractivity contribution is 7.10. The van der Waals surface area contributed by atoms with Crippen molar-refractivity contribution < 1.29 is 4.79 Å². The fourth-order valence-corrected chi connectivity index (χ4v) is 3.76. The van der Waals surface area contributed by atoms with E-state index in [0.29, 0.717) is 11.3 Å². The monoisotopic (exact) mass is 286 g/mol. The standard InChI is InChI=1S/C16H18N2OS/c1-10-11(4-2-5-13(10)17)16(19)18-14-6-3-7-15-12(14)8-9-20-15/h2,4-5,8-9,14H,3,6-7,17H2,1H3,(H,18,19). The van der Waals surface area contributed by atoms with Crippen LogP contribution in [0.15, 0.2) is 29.6 Å². The van der Waals surface area contributed by atoms with Crippen LogP contribution in [0.25, 0.3) is 0 Å². The van der Waals surface area contributed by atoms with Crippen LogP contribution in [-0.4, -0.2) is 5.91 Å². The number of nitrogens with one attached hydrogen (secondary N) is 1. The minimum absolute atomic E-state index is 0.0288. The summed E-state index contributed by atoms with van der Waals surface area (Å²) in [6, 6.07) is 7.75. The molecule has 1 aromatic carbocycles. The summed E-state index contributed by atoms with van der Waals surface area (Å²) >= 11 is 1.79. The van der Waals surface area contributed by atoms with E-state index in [9.17, 15) is 4.79 Å². The molecule has 4 heteroatoms. The van der Waals surface area contributed by atoms with Crippen molar-refractivity contribution in [2.45, 2.75) is 32.2 Å². The molecular weight excluding hydrogens is 268 g/mol. The number of aryl methyl sites for hydroxylation is 1. The lowest BCUT2D eigenvalue weighted by Crippen LogP contribution is -2.31. The van der Waals surface area contributed by atoms with Gasteiger partial charge in [0, 0.05) is 16.1 Å². The van der Waals surface area contributed by atoms with Gasteiger partial charge in [0.15, 0.2) is 0 Å². The van der Waals surface area contributed by atoms with Gasteiger partial charge in [0.1, 0.15) is 0 Å². The topological polar surface area (TPSA) is 55.1 Å². The van der Waals surface area contributed by atoms with Crippen LogP contribution in [0.2, 0.25) is 0 Å². The Morgan fingerprint density at radius 2 is 2.25 bits per heavy atom. The summed E-state index contributed by atoms with van der Waals surface area (Å²) in [5.74, 6) is -0.0288. The second-order valence-electron chi connectivity index (χ2n) is 5.24. The maximum Gasteiger partial charge on any atom is 0.252 e. The molecule has 1 aromatic heterocycles. The quantitative estimate of drug-likeness (QED) is 0.831. The van der Waals surface area contributed by atoms with E-state index < -0.39 is 0 Å². The molecule has 1 aliphatic carbocycles. The number of hydrogen-bond donors (Lipinski definition) is 2. The Kier molecular flexibility index (Phi) is 3.49. The number of amides is 1. The molecule has 3 rings (SSSR count). The van der Waals surface area contributed by atoms with Gasteiger partial charge in [-0.15, -0.1) is 11.3 Å². The van der Waals surface area contributed by atoms with Crippen molar-refractivity contribution in [1.82, 2.24) is 5.32 Å². The van der Waals surface area contributed by atoms with E-state index in [1.54, 1.807) is 11.3 Å². The number of rotatable bonds is 2. The van der Waals surface area contributed by atoms with E-state index in [0.717, 1.165) is 24.8 Å². The molecule has 1 amide bonds. The van der Waals surface area contributed by atoms with E-state index in [1.807, 2.05) is 25.1 Å². The molecule has 0 bridgehead atoms. The van der Waals surface area contributed by atoms with Gasteiger partial charge in [-0.05, 0) is 60.9 Å². The van der Waals surface area contributed by atoms with E-state index in [2.05, 4.69) is 16.8 Å². The zero-order chi connectivity index (χ0) is 14.1. The average molecular weight is 286 g/mol. The minimum Gasteiger partial charge on any atom is -0.398 e. The number of anilines is 1. The first-order valence-electron chi connectivity index (χ1n) is 6.89. The summed E-state index contributed by atoms with van der Waals surface area (Å²) in [5, 5.41) is 5.27. The van der Waals surface area contributed by atoms with E-state index in [-0.39, 0.29) is 11.9 Å². The Morgan fingerprint density at radius 1 is 1.40 bits per heavy atom. The molecule has 0 aliphatic heterocycles. The van der Waals surface area contributed by atoms with Crippen molar-refractivity contribution in [2.24, 2.45) is 0 Å². The van der Waals surface area contributed by atoms with Crippen LogP contribution in [0.4, 0.5) is 5.69 Å². The van der Waals surface area contributed by atoms with E-state index in [4.69, 9.17) is 5.73 Å². The van der Waals surface area contributed by atoms with Gasteiger partial charge in [-0.25, -0.2) is 0 Å². The fourth-order valence-electron chi connectivity index (χ4n) is 2.77. The van der Waals surface area contributed by atoms with Gasteiger partial charge >= 0.3 is 0 Å². The summed E-state index contributed by atoms with van der Waals surface area (Å²) in [6.45, 7) is 1.89. The van der Waals surface area contributed by atoms with Crippen LogP contribution in [-0.2, 0) is 6.42 Å². The summed E-state index contributed by atoms with van der Waals surface area (Å²) in [5.41, 5.74) is 9.35. The Bertz CT molecular complexity index is 648. The van der Waals surface area contributed by atoms with Crippen LogP contribution in [0.3, 0.4) is 0 Å². The Balaban J connectivity index is 1.83. The summed E-state index contributed by atoms with van der Waals surface area (Å²) in [4.78, 5) is 13.9. The lowest BCUT2D eigenvalue weighted by Gasteiger charge is -2.24. The molecule has 104 valence electrons. The van der Waals surface area contributed by atoms with Crippen LogP contribution in [0.5, 0.6) is 0 Å². The summed E-state index contributed by atoms with van der Waals surface area (Å²) < 4.78 is 0. The third-order valence-corrected chi connectivity index (χ3v) is 4.97. The number of carbonyl (C=O) groups is 1. The molecule has 0 fully saturated rings. The third kappa shape index (κ3) is 2.31. The number of carbonyl (C=O) groups excluding carboxylic acids is 1. The van der Waals surface area contributed by atoms with Crippen molar-refractivity contribution in [3.05, 3.63) is 51.2 Å². The smallest absolute Gasteiger partial charge is 0.252 e. The van der Waals surface area contributed by atoms with Gasteiger partial charge in [0.25, 0.3) is 5.91 Å². The summed E-state index contributed by atoms with van der Waals surface area (Å²) in [6.07, 6.45) is 3.28. The zero-order valence-electron chi connectivity index (χ0n) is 11.5. The number of thiophene rings is 1. The maximum atomic E-state index is 12.5. The highest BCUT2D eigenvalue weighted by atomic mass is 32.1. The fraction of sp³-hybridized carbons (Fsp3) is 0.312. The van der Waals surface area contributed by atoms with Gasteiger partial charge in [0.2, 0.25) is 0 Å². The van der Waals surface area contributed by atoms with Crippen LogP contribution >= 0.6 is 11.3 Å². The van der Waals surface area contributed by atoms with Gasteiger partial charge < -0.3 is 11.1 Å². The first-order chi connectivity index (χ1) is 9.66. The van der Waals surface area contributed by atoms with E-state index >= 15 is 0 Å². The van der Waals surface area contributed by atoms with Crippen LogP contribution < -0.4 is 11.1 Å². The van der Waals surface area contributed by atoms with Gasteiger partial charge in [-0.2, -0.15) is 0 Å². The number of nitrogens with two attached hydrogens (primary N) is 1. The zero-order valence-corrected chi connectivity index (χ0v) is 12.3. The molecule has 1 atom stereocenters. The van der Waals surface area contributed by atoms with Gasteiger partial charge in [0.05, 0.1) is 6.04 Å². The molecule has 0 radical (unpaired) electrons. The molecule has 0 saturated heterocycles. The Morgan fingerprint density at radius 3 is 3.10 bits per heavy atom. The highest BCUT2D eigenvalue weighted by Crippen LogP contribution is 2.33. The molecule has 1 heterocycles. The molecule has 20 heavy (non-hydrogen) atoms. The SMILES string of the molecule is Cc1c(N)cccc1C(=O)NC1CCCc2sccc21. The normalized spacial score (nSPS) is 17.6. The molecule has 0 spiro atoms. The molecule has 0 saturated carbocycles. The Labute approximate surface area is 122 Å². The number of nitrogen functional groups attached to an aromatic ring is 1. The average Bonchev–Trinajstić information content (AvgIpc) is 2.91. The van der Waals surface area contributed by atoms with Crippen molar-refractivity contribution in [3.63, 3.8) is 0 Å². The predicted octanol–water partition coefficient (Wildman–Crippen LogP) is 3.45. The van der Waals surface area contributed by atoms with Crippen LogP contribution in [0.1, 0.15) is 45.2 Å². The Hall–Kier alpha value is -1.81. The maximum absolute atomic E-state index is 12.5. The lowest BCUT2D eigenvalue weighted by molar-refractivity contribution is 0.0932. The van der Waals surface area contributed by atoms with Crippen molar-refractivity contribution in [3.8, 4) is 0 Å². The predicted molar refractivity (Wildman–Crippen MR) is 83.1 cm³/mol. The first-order valence-corrected chi connectivity index (χ1v) is 7.77. The van der Waals surface area contributed by atoms with Gasteiger partial charge in [-0.1, -0.05) is 6.07 Å². The molecule has 1 unspecified atom stereocenters. The van der Waals surface area contributed by atoms with Crippen molar-refractivity contribution in [2.75, 3.05) is 5.73 Å². The molecule has 2 aromatic rings. The van der Waals surface area contributed by atoms with E-state index in [1.165, 1.54) is 10.4 Å². The molecule has 3 nitrogen and oxygen atoms in total. The minimum atomic E-state index is -0.0288. The van der Waals surface area contributed by atoms with Crippen LogP contribution in [0, 0.1) is 6.92 Å². The second kappa shape index (κ2) is 5.29. The van der Waals surface area contributed by atoms with Crippen molar-refractivity contribution in [1.29, 1.82) is 0 Å². The second-order valence-corrected chi connectivity index (χ2v) is 6.24. The molecular formula is C16H18N2OS.